The topological polar surface area (TPSA) is 171 Å². The molecule has 0 bridgehead atoms. The van der Waals surface area contributed by atoms with Crippen LogP contribution in [-0.2, 0) is 19.2 Å². The number of hydrogen-bond donors (Lipinski definition) is 6. The van der Waals surface area contributed by atoms with E-state index in [9.17, 15) is 19.2 Å². The van der Waals surface area contributed by atoms with Crippen LogP contribution in [0.4, 0.5) is 0 Å². The summed E-state index contributed by atoms with van der Waals surface area (Å²) in [5.41, 5.74) is 5.33. The average Bonchev–Trinajstić information content (AvgIpc) is 2.60. The Morgan fingerprint density at radius 1 is 1.22 bits per heavy atom. The second-order valence-corrected chi connectivity index (χ2v) is 7.01. The molecular formula is C15H24N4O6S2. The molecule has 0 aromatic rings. The number of amides is 2. The van der Waals surface area contributed by atoms with E-state index >= 15 is 0 Å². The maximum absolute atomic E-state index is 12.1. The van der Waals surface area contributed by atoms with Gasteiger partial charge < -0.3 is 31.9 Å². The van der Waals surface area contributed by atoms with Gasteiger partial charge in [0.25, 0.3) is 0 Å². The lowest BCUT2D eigenvalue weighted by molar-refractivity contribution is -0.139. The summed E-state index contributed by atoms with van der Waals surface area (Å²) in [5.74, 6) is -3.65. The van der Waals surface area contributed by atoms with E-state index in [2.05, 4.69) is 22.5 Å². The number of nitrogens with one attached hydrogen (secondary N) is 3. The largest absolute Gasteiger partial charge is 0.480 e. The minimum absolute atomic E-state index is 0.0715. The zero-order valence-electron chi connectivity index (χ0n) is 14.6. The molecule has 2 amide bonds. The van der Waals surface area contributed by atoms with Gasteiger partial charge in [0.1, 0.15) is 22.9 Å². The van der Waals surface area contributed by atoms with Crippen LogP contribution in [0.15, 0.2) is 12.7 Å². The van der Waals surface area contributed by atoms with Gasteiger partial charge in [-0.15, -0.1) is 6.58 Å². The zero-order chi connectivity index (χ0) is 20.8. The predicted octanol–water partition coefficient (Wildman–Crippen LogP) is -0.952. The quantitative estimate of drug-likeness (QED) is 0.124. The molecule has 0 aromatic heterocycles. The van der Waals surface area contributed by atoms with Crippen LogP contribution in [-0.4, -0.2) is 69.2 Å². The number of carboxylic acid groups (broad SMARTS) is 2. The van der Waals surface area contributed by atoms with Gasteiger partial charge in [-0.2, -0.15) is 0 Å². The predicted molar refractivity (Wildman–Crippen MR) is 105 cm³/mol. The van der Waals surface area contributed by atoms with E-state index in [1.165, 1.54) is 0 Å². The van der Waals surface area contributed by atoms with Crippen molar-refractivity contribution in [2.45, 2.75) is 31.3 Å². The second kappa shape index (κ2) is 13.9. The molecule has 12 heteroatoms. The first-order valence-corrected chi connectivity index (χ1v) is 9.35. The first-order valence-electron chi connectivity index (χ1n) is 7.96. The fourth-order valence-corrected chi connectivity index (χ4v) is 2.69. The number of thioether (sulfide) groups is 1. The van der Waals surface area contributed by atoms with Crippen molar-refractivity contribution < 1.29 is 29.4 Å². The van der Waals surface area contributed by atoms with Crippen LogP contribution in [0.25, 0.3) is 0 Å². The molecule has 152 valence electrons. The molecule has 0 rings (SSSR count). The lowest BCUT2D eigenvalue weighted by Gasteiger charge is -2.18. The van der Waals surface area contributed by atoms with Crippen LogP contribution in [0.2, 0.25) is 0 Å². The standard InChI is InChI=1S/C15H24N4O6S2/c1-2-3-6-17-15(26)27-8-10(13(23)18-7-12(21)22)19-11(20)5-4-9(16)14(24)25/h2,9-10H,1,3-8,16H2,(H,17,26)(H,18,23)(H,19,20)(H,21,22)(H,24,25). The van der Waals surface area contributed by atoms with E-state index in [1.54, 1.807) is 6.08 Å². The number of hydrogen-bond acceptors (Lipinski definition) is 7. The number of aliphatic carboxylic acids is 2. The molecule has 0 aliphatic rings. The third kappa shape index (κ3) is 12.8. The molecule has 0 saturated carbocycles. The molecule has 2 unspecified atom stereocenters. The van der Waals surface area contributed by atoms with Crippen molar-refractivity contribution in [2.24, 2.45) is 5.73 Å². The molecule has 0 fully saturated rings. The highest BCUT2D eigenvalue weighted by Crippen LogP contribution is 2.06. The second-order valence-electron chi connectivity index (χ2n) is 5.32. The summed E-state index contributed by atoms with van der Waals surface area (Å²) in [4.78, 5) is 45.3. The Morgan fingerprint density at radius 3 is 2.44 bits per heavy atom. The van der Waals surface area contributed by atoms with Crippen LogP contribution in [0.1, 0.15) is 19.3 Å². The number of carbonyl (C=O) groups excluding carboxylic acids is 2. The number of rotatable bonds is 13. The highest BCUT2D eigenvalue weighted by molar-refractivity contribution is 8.23. The van der Waals surface area contributed by atoms with E-state index in [4.69, 9.17) is 28.2 Å². The molecule has 0 saturated heterocycles. The van der Waals surface area contributed by atoms with Gasteiger partial charge in [0.2, 0.25) is 11.8 Å². The van der Waals surface area contributed by atoms with Crippen LogP contribution in [0.5, 0.6) is 0 Å². The molecule has 0 aliphatic heterocycles. The van der Waals surface area contributed by atoms with E-state index < -0.39 is 42.4 Å². The zero-order valence-corrected chi connectivity index (χ0v) is 16.2. The van der Waals surface area contributed by atoms with Gasteiger partial charge in [0, 0.05) is 18.7 Å². The summed E-state index contributed by atoms with van der Waals surface area (Å²) >= 11 is 6.22. The normalized spacial score (nSPS) is 12.3. The van der Waals surface area contributed by atoms with Gasteiger partial charge in [-0.05, 0) is 12.8 Å². The van der Waals surface area contributed by atoms with Crippen LogP contribution >= 0.6 is 24.0 Å². The first kappa shape index (κ1) is 24.8. The minimum atomic E-state index is -1.23. The van der Waals surface area contributed by atoms with E-state index in [0.717, 1.165) is 11.8 Å². The van der Waals surface area contributed by atoms with Crippen molar-refractivity contribution in [1.29, 1.82) is 0 Å². The van der Waals surface area contributed by atoms with Crippen molar-refractivity contribution in [3.05, 3.63) is 12.7 Å². The number of thiocarbonyl (C=S) groups is 1. The molecule has 0 radical (unpaired) electrons. The Kier molecular flexibility index (Phi) is 12.8. The Hall–Kier alpha value is -2.18. The summed E-state index contributed by atoms with van der Waals surface area (Å²) in [7, 11) is 0. The maximum atomic E-state index is 12.1. The first-order chi connectivity index (χ1) is 12.7. The van der Waals surface area contributed by atoms with Crippen molar-refractivity contribution in [3.63, 3.8) is 0 Å². The van der Waals surface area contributed by atoms with Crippen molar-refractivity contribution >= 4 is 52.1 Å². The van der Waals surface area contributed by atoms with Crippen molar-refractivity contribution in [2.75, 3.05) is 18.8 Å². The minimum Gasteiger partial charge on any atom is -0.480 e. The fraction of sp³-hybridized carbons (Fsp3) is 0.533. The molecule has 2 atom stereocenters. The van der Waals surface area contributed by atoms with Crippen molar-refractivity contribution in [3.8, 4) is 0 Å². The fourth-order valence-electron chi connectivity index (χ4n) is 1.63. The Labute approximate surface area is 166 Å². The van der Waals surface area contributed by atoms with Gasteiger partial charge in [-0.3, -0.25) is 19.2 Å². The SMILES string of the molecule is C=CCCNC(=S)SCC(NC(=O)CCC(N)C(=O)O)C(=O)NCC(=O)O. The summed E-state index contributed by atoms with van der Waals surface area (Å²) in [6.45, 7) is 3.56. The summed E-state index contributed by atoms with van der Waals surface area (Å²) in [6.07, 6.45) is 2.12. The van der Waals surface area contributed by atoms with E-state index in [-0.39, 0.29) is 18.6 Å². The van der Waals surface area contributed by atoms with Crippen LogP contribution < -0.4 is 21.7 Å². The molecular weight excluding hydrogens is 396 g/mol. The molecule has 0 heterocycles. The molecule has 7 N–H and O–H groups in total. The lowest BCUT2D eigenvalue weighted by Crippen LogP contribution is -2.49. The van der Waals surface area contributed by atoms with Gasteiger partial charge in [0.15, 0.2) is 0 Å². The average molecular weight is 421 g/mol. The van der Waals surface area contributed by atoms with Crippen molar-refractivity contribution in [1.82, 2.24) is 16.0 Å². The third-order valence-electron chi connectivity index (χ3n) is 3.06. The van der Waals surface area contributed by atoms with Gasteiger partial charge in [-0.1, -0.05) is 30.1 Å². The highest BCUT2D eigenvalue weighted by Gasteiger charge is 2.23. The molecule has 27 heavy (non-hydrogen) atoms. The van der Waals surface area contributed by atoms with E-state index in [0.29, 0.717) is 17.3 Å². The van der Waals surface area contributed by atoms with Crippen LogP contribution in [0, 0.1) is 0 Å². The smallest absolute Gasteiger partial charge is 0.322 e. The third-order valence-corrected chi connectivity index (χ3v) is 4.47. The summed E-state index contributed by atoms with van der Waals surface area (Å²) in [5, 5.41) is 24.9. The number of carboxylic acids is 2. The Morgan fingerprint density at radius 2 is 1.89 bits per heavy atom. The van der Waals surface area contributed by atoms with Gasteiger partial charge in [-0.25, -0.2) is 0 Å². The Balaban J connectivity index is 4.67. The number of carbonyl (C=O) groups is 4. The van der Waals surface area contributed by atoms with Gasteiger partial charge in [0.05, 0.1) is 0 Å². The molecule has 0 aliphatic carbocycles. The Bertz CT molecular complexity index is 573. The monoisotopic (exact) mass is 420 g/mol. The molecule has 0 aromatic carbocycles. The van der Waals surface area contributed by atoms with Crippen LogP contribution in [0.3, 0.4) is 0 Å². The molecule has 10 nitrogen and oxygen atoms in total. The lowest BCUT2D eigenvalue weighted by atomic mass is 10.1. The van der Waals surface area contributed by atoms with Gasteiger partial charge >= 0.3 is 11.9 Å². The molecule has 0 spiro atoms. The number of nitrogens with two attached hydrogens (primary N) is 1. The summed E-state index contributed by atoms with van der Waals surface area (Å²) in [6, 6.07) is -2.23. The summed E-state index contributed by atoms with van der Waals surface area (Å²) < 4.78 is 0.412. The highest BCUT2D eigenvalue weighted by atomic mass is 32.2. The maximum Gasteiger partial charge on any atom is 0.322 e. The van der Waals surface area contributed by atoms with E-state index in [1.807, 2.05) is 0 Å².